The lowest BCUT2D eigenvalue weighted by Gasteiger charge is -2.11. The molecule has 7 nitrogen and oxygen atoms in total. The molecule has 0 spiro atoms. The fraction of sp³-hybridized carbons (Fsp3) is 0.385. The third-order valence-electron chi connectivity index (χ3n) is 3.47. The number of carbonyl (C=O) groups is 2. The first-order valence-electron chi connectivity index (χ1n) is 6.36. The maximum absolute atomic E-state index is 13.2. The van der Waals surface area contributed by atoms with Gasteiger partial charge in [0.15, 0.2) is 6.61 Å². The molecule has 0 bridgehead atoms. The van der Waals surface area contributed by atoms with Crippen molar-refractivity contribution in [2.45, 2.75) is 17.7 Å². The number of halogens is 3. The summed E-state index contributed by atoms with van der Waals surface area (Å²) >= 11 is 11.6. The van der Waals surface area contributed by atoms with Crippen molar-refractivity contribution in [2.24, 2.45) is 5.41 Å². The van der Waals surface area contributed by atoms with E-state index >= 15 is 0 Å². The molecule has 0 aromatic heterocycles. The summed E-state index contributed by atoms with van der Waals surface area (Å²) in [7, 11) is 0. The minimum atomic E-state index is -1.21. The third-order valence-corrected chi connectivity index (χ3v) is 4.57. The number of hydrogen-bond donors (Lipinski definition) is 1. The van der Waals surface area contributed by atoms with Crippen molar-refractivity contribution in [1.29, 1.82) is 0 Å². The van der Waals surface area contributed by atoms with Crippen molar-refractivity contribution in [3.63, 3.8) is 0 Å². The number of nitro groups is 1. The van der Waals surface area contributed by atoms with Gasteiger partial charge in [0, 0.05) is 18.2 Å². The fourth-order valence-electron chi connectivity index (χ4n) is 1.84. The van der Waals surface area contributed by atoms with Crippen LogP contribution in [0.2, 0.25) is 0 Å². The van der Waals surface area contributed by atoms with Crippen molar-refractivity contribution in [1.82, 2.24) is 0 Å². The van der Waals surface area contributed by atoms with Gasteiger partial charge in [-0.15, -0.1) is 23.2 Å². The molecule has 2 rings (SSSR count). The lowest BCUT2D eigenvalue weighted by Crippen LogP contribution is -2.26. The molecule has 1 aromatic rings. The van der Waals surface area contributed by atoms with E-state index in [9.17, 15) is 24.1 Å². The summed E-state index contributed by atoms with van der Waals surface area (Å²) in [5.74, 6) is -2.48. The molecular weight excluding hydrogens is 354 g/mol. The Morgan fingerprint density at radius 2 is 2.09 bits per heavy atom. The van der Waals surface area contributed by atoms with Gasteiger partial charge in [0.1, 0.15) is 9.75 Å². The van der Waals surface area contributed by atoms with Crippen LogP contribution in [0.3, 0.4) is 0 Å². The van der Waals surface area contributed by atoms with Crippen molar-refractivity contribution >= 4 is 46.5 Å². The highest BCUT2D eigenvalue weighted by atomic mass is 35.5. The zero-order valence-electron chi connectivity index (χ0n) is 11.8. The summed E-state index contributed by atoms with van der Waals surface area (Å²) in [6.45, 7) is 0.889. The number of anilines is 1. The molecule has 0 saturated heterocycles. The van der Waals surface area contributed by atoms with Crippen LogP contribution in [0, 0.1) is 21.3 Å². The standard InChI is InChI=1S/C13H11Cl2FN2O5/c1-12(6-13(12,14)15)11(20)23-5-10(19)17-7-2-3-8(16)9(4-7)18(21)22/h2-4H,5-6H2,1H3,(H,17,19)/t12-/m0/s1. The smallest absolute Gasteiger partial charge is 0.315 e. The molecule has 1 atom stereocenters. The number of esters is 1. The van der Waals surface area contributed by atoms with Gasteiger partial charge in [0.2, 0.25) is 5.82 Å². The Morgan fingerprint density at radius 3 is 2.61 bits per heavy atom. The zero-order chi connectivity index (χ0) is 17.4. The monoisotopic (exact) mass is 364 g/mol. The van der Waals surface area contributed by atoms with Crippen LogP contribution >= 0.6 is 23.2 Å². The number of nitro benzene ring substituents is 1. The second-order valence-electron chi connectivity index (χ2n) is 5.26. The van der Waals surface area contributed by atoms with E-state index in [1.165, 1.54) is 6.92 Å². The molecule has 1 aromatic carbocycles. The Morgan fingerprint density at radius 1 is 1.48 bits per heavy atom. The van der Waals surface area contributed by atoms with Crippen LogP contribution in [0.1, 0.15) is 13.3 Å². The van der Waals surface area contributed by atoms with Crippen LogP contribution in [0.15, 0.2) is 18.2 Å². The molecule has 0 aliphatic heterocycles. The molecule has 1 saturated carbocycles. The molecule has 1 N–H and O–H groups in total. The van der Waals surface area contributed by atoms with Gasteiger partial charge in [-0.2, -0.15) is 4.39 Å². The molecule has 1 aliphatic carbocycles. The van der Waals surface area contributed by atoms with Crippen LogP contribution in [0.5, 0.6) is 0 Å². The SMILES string of the molecule is C[C@@]1(C(=O)OCC(=O)Nc2ccc(F)c([N+](=O)[O-])c2)CC1(Cl)Cl. The number of nitrogens with one attached hydrogen (secondary N) is 1. The van der Waals surface area contributed by atoms with Crippen molar-refractivity contribution in [3.8, 4) is 0 Å². The maximum Gasteiger partial charge on any atom is 0.315 e. The Balaban J connectivity index is 1.92. The lowest BCUT2D eigenvalue weighted by atomic mass is 10.1. The first-order valence-corrected chi connectivity index (χ1v) is 7.11. The fourth-order valence-corrected chi connectivity index (χ4v) is 2.53. The summed E-state index contributed by atoms with van der Waals surface area (Å²) in [6.07, 6.45) is 0.216. The van der Waals surface area contributed by atoms with E-state index in [2.05, 4.69) is 5.32 Å². The largest absolute Gasteiger partial charge is 0.455 e. The Kier molecular flexibility index (Phi) is 4.50. The molecule has 23 heavy (non-hydrogen) atoms. The summed E-state index contributed by atoms with van der Waals surface area (Å²) in [6, 6.07) is 2.85. The van der Waals surface area contributed by atoms with Gasteiger partial charge in [-0.25, -0.2) is 0 Å². The first-order chi connectivity index (χ1) is 10.6. The molecular formula is C13H11Cl2FN2O5. The quantitative estimate of drug-likeness (QED) is 0.374. The maximum atomic E-state index is 13.2. The number of hydrogen-bond acceptors (Lipinski definition) is 5. The van der Waals surface area contributed by atoms with E-state index in [1.807, 2.05) is 0 Å². The number of benzene rings is 1. The average Bonchev–Trinajstić information content (AvgIpc) is 2.98. The number of carbonyl (C=O) groups excluding carboxylic acids is 2. The van der Waals surface area contributed by atoms with E-state index in [-0.39, 0.29) is 12.1 Å². The van der Waals surface area contributed by atoms with Gasteiger partial charge in [0.05, 0.1) is 4.92 Å². The molecule has 1 amide bonds. The van der Waals surface area contributed by atoms with Crippen molar-refractivity contribution < 1.29 is 23.6 Å². The second-order valence-corrected chi connectivity index (χ2v) is 6.74. The van der Waals surface area contributed by atoms with Gasteiger partial charge < -0.3 is 10.1 Å². The predicted octanol–water partition coefficient (Wildman–Crippen LogP) is 2.80. The van der Waals surface area contributed by atoms with E-state index in [0.29, 0.717) is 0 Å². The summed E-state index contributed by atoms with van der Waals surface area (Å²) in [4.78, 5) is 33.1. The van der Waals surface area contributed by atoms with Gasteiger partial charge in [0.25, 0.3) is 5.91 Å². The molecule has 0 radical (unpaired) electrons. The van der Waals surface area contributed by atoms with Gasteiger partial charge in [-0.05, 0) is 19.1 Å². The van der Waals surface area contributed by atoms with Crippen LogP contribution in [-0.2, 0) is 14.3 Å². The molecule has 1 fully saturated rings. The first kappa shape index (κ1) is 17.4. The highest BCUT2D eigenvalue weighted by Gasteiger charge is 2.69. The molecule has 0 unspecified atom stereocenters. The minimum Gasteiger partial charge on any atom is -0.455 e. The molecule has 10 heteroatoms. The third kappa shape index (κ3) is 3.53. The van der Waals surface area contributed by atoms with Crippen molar-refractivity contribution in [2.75, 3.05) is 11.9 Å². The molecule has 124 valence electrons. The average molecular weight is 365 g/mol. The minimum absolute atomic E-state index is 0.000756. The highest BCUT2D eigenvalue weighted by molar-refractivity contribution is 6.53. The number of nitrogens with zero attached hydrogens (tertiary/aromatic N) is 1. The Labute approximate surface area is 139 Å². The molecule has 1 aliphatic rings. The van der Waals surface area contributed by atoms with E-state index in [0.717, 1.165) is 18.2 Å². The van der Waals surface area contributed by atoms with Gasteiger partial charge in [-0.1, -0.05) is 0 Å². The van der Waals surface area contributed by atoms with E-state index in [4.69, 9.17) is 27.9 Å². The van der Waals surface area contributed by atoms with Crippen molar-refractivity contribution in [3.05, 3.63) is 34.1 Å². The highest BCUT2D eigenvalue weighted by Crippen LogP contribution is 2.64. The number of alkyl halides is 2. The number of ether oxygens (including phenoxy) is 1. The predicted molar refractivity (Wildman–Crippen MR) is 79.8 cm³/mol. The van der Waals surface area contributed by atoms with Gasteiger partial charge >= 0.3 is 11.7 Å². The van der Waals surface area contributed by atoms with Crippen LogP contribution in [0.4, 0.5) is 15.8 Å². The summed E-state index contributed by atoms with van der Waals surface area (Å²) in [5, 5.41) is 12.9. The van der Waals surface area contributed by atoms with Gasteiger partial charge in [-0.3, -0.25) is 19.7 Å². The summed E-state index contributed by atoms with van der Waals surface area (Å²) < 4.78 is 16.8. The zero-order valence-corrected chi connectivity index (χ0v) is 13.3. The van der Waals surface area contributed by atoms with E-state index in [1.54, 1.807) is 0 Å². The molecule has 0 heterocycles. The van der Waals surface area contributed by atoms with Crippen LogP contribution < -0.4 is 5.32 Å². The number of amides is 1. The lowest BCUT2D eigenvalue weighted by molar-refractivity contribution is -0.387. The summed E-state index contributed by atoms with van der Waals surface area (Å²) in [5.41, 5.74) is -1.84. The number of rotatable bonds is 5. The Bertz CT molecular complexity index is 697. The van der Waals surface area contributed by atoms with E-state index < -0.39 is 44.7 Å². The van der Waals surface area contributed by atoms with Crippen LogP contribution in [0.25, 0.3) is 0 Å². The Hall–Kier alpha value is -1.93. The normalized spacial score (nSPS) is 21.4. The topological polar surface area (TPSA) is 98.5 Å². The van der Waals surface area contributed by atoms with Crippen LogP contribution in [-0.4, -0.2) is 27.7 Å². The second kappa shape index (κ2) is 5.93.